The van der Waals surface area contributed by atoms with Crippen molar-refractivity contribution in [1.82, 2.24) is 5.32 Å². The summed E-state index contributed by atoms with van der Waals surface area (Å²) in [5.41, 5.74) is 10.1. The lowest BCUT2D eigenvalue weighted by molar-refractivity contribution is -0.145. The van der Waals surface area contributed by atoms with Gasteiger partial charge < -0.3 is 21.9 Å². The van der Waals surface area contributed by atoms with Gasteiger partial charge in [-0.25, -0.2) is 4.79 Å². The van der Waals surface area contributed by atoms with Gasteiger partial charge in [-0.15, -0.1) is 0 Å². The summed E-state index contributed by atoms with van der Waals surface area (Å²) in [5.74, 6) is -1.52. The molecule has 0 aromatic heterocycles. The first kappa shape index (κ1) is 17.4. The van der Waals surface area contributed by atoms with Gasteiger partial charge >= 0.3 is 5.97 Å². The zero-order valence-corrected chi connectivity index (χ0v) is 12.4. The number of amides is 2. The maximum atomic E-state index is 12.4. The van der Waals surface area contributed by atoms with Crippen molar-refractivity contribution in [2.24, 2.45) is 22.8 Å². The number of hydrogen-bond donors (Lipinski definition) is 4. The number of carboxylic acid groups (broad SMARTS) is 1. The standard InChI is InChI=1S/C14H25N3O4/c1-9-4-6-14(8-15,7-5-9)13(21)17-10(12(19)20)2-3-11(16)18/h9-10H,2-8,15H2,1H3,(H2,16,18)(H,17,21)(H,19,20)/t9?,10-,14?/m0/s1. The van der Waals surface area contributed by atoms with Gasteiger partial charge in [-0.2, -0.15) is 0 Å². The van der Waals surface area contributed by atoms with Crippen LogP contribution >= 0.6 is 0 Å². The quantitative estimate of drug-likeness (QED) is 0.523. The smallest absolute Gasteiger partial charge is 0.326 e. The average molecular weight is 299 g/mol. The Morgan fingerprint density at radius 2 is 1.90 bits per heavy atom. The summed E-state index contributed by atoms with van der Waals surface area (Å²) in [7, 11) is 0. The predicted octanol–water partition coefficient (Wildman–Crippen LogP) is -0.0235. The van der Waals surface area contributed by atoms with Crippen LogP contribution < -0.4 is 16.8 Å². The van der Waals surface area contributed by atoms with Crippen molar-refractivity contribution in [2.75, 3.05) is 6.54 Å². The molecule has 6 N–H and O–H groups in total. The zero-order chi connectivity index (χ0) is 16.0. The van der Waals surface area contributed by atoms with E-state index in [1.165, 1.54) is 0 Å². The Labute approximate surface area is 124 Å². The minimum Gasteiger partial charge on any atom is -0.480 e. The summed E-state index contributed by atoms with van der Waals surface area (Å²) in [5, 5.41) is 11.7. The molecule has 0 spiro atoms. The van der Waals surface area contributed by atoms with Crippen LogP contribution in [0.2, 0.25) is 0 Å². The molecule has 2 amide bonds. The Morgan fingerprint density at radius 1 is 1.33 bits per heavy atom. The summed E-state index contributed by atoms with van der Waals surface area (Å²) in [4.78, 5) is 34.4. The van der Waals surface area contributed by atoms with E-state index < -0.39 is 23.3 Å². The zero-order valence-electron chi connectivity index (χ0n) is 12.4. The Morgan fingerprint density at radius 3 is 2.33 bits per heavy atom. The van der Waals surface area contributed by atoms with E-state index in [9.17, 15) is 14.4 Å². The van der Waals surface area contributed by atoms with E-state index in [0.717, 1.165) is 12.8 Å². The number of carboxylic acids is 1. The van der Waals surface area contributed by atoms with Gasteiger partial charge in [-0.1, -0.05) is 6.92 Å². The van der Waals surface area contributed by atoms with Gasteiger partial charge in [0, 0.05) is 13.0 Å². The minimum absolute atomic E-state index is 0.00649. The number of carbonyl (C=O) groups is 3. The Balaban J connectivity index is 2.70. The van der Waals surface area contributed by atoms with Crippen molar-refractivity contribution in [3.63, 3.8) is 0 Å². The number of aliphatic carboxylic acids is 1. The van der Waals surface area contributed by atoms with E-state index in [1.54, 1.807) is 0 Å². The second kappa shape index (κ2) is 7.40. The Hall–Kier alpha value is -1.63. The fraction of sp³-hybridized carbons (Fsp3) is 0.786. The van der Waals surface area contributed by atoms with Crippen LogP contribution in [-0.4, -0.2) is 35.5 Å². The molecule has 1 aliphatic rings. The third kappa shape index (κ3) is 4.70. The largest absolute Gasteiger partial charge is 0.480 e. The summed E-state index contributed by atoms with van der Waals surface area (Å²) in [6.07, 6.45) is 3.06. The SMILES string of the molecule is CC1CCC(CN)(C(=O)N[C@@H](CCC(N)=O)C(=O)O)CC1. The lowest BCUT2D eigenvalue weighted by Crippen LogP contribution is -2.52. The van der Waals surface area contributed by atoms with Crippen LogP contribution in [0.5, 0.6) is 0 Å². The topological polar surface area (TPSA) is 136 Å². The molecule has 120 valence electrons. The van der Waals surface area contributed by atoms with Crippen LogP contribution in [0, 0.1) is 11.3 Å². The lowest BCUT2D eigenvalue weighted by Gasteiger charge is -2.37. The molecule has 0 aromatic carbocycles. The van der Waals surface area contributed by atoms with E-state index in [-0.39, 0.29) is 25.3 Å². The normalized spacial score (nSPS) is 26.9. The van der Waals surface area contributed by atoms with Crippen LogP contribution in [0.15, 0.2) is 0 Å². The fourth-order valence-corrected chi connectivity index (χ4v) is 2.69. The van der Waals surface area contributed by atoms with Crippen molar-refractivity contribution in [1.29, 1.82) is 0 Å². The van der Waals surface area contributed by atoms with E-state index in [4.69, 9.17) is 16.6 Å². The van der Waals surface area contributed by atoms with Gasteiger partial charge in [0.1, 0.15) is 6.04 Å². The summed E-state index contributed by atoms with van der Waals surface area (Å²) in [6, 6.07) is -1.10. The summed E-state index contributed by atoms with van der Waals surface area (Å²) < 4.78 is 0. The van der Waals surface area contributed by atoms with Gasteiger partial charge in [-0.05, 0) is 38.0 Å². The first-order valence-corrected chi connectivity index (χ1v) is 7.33. The van der Waals surface area contributed by atoms with E-state index in [0.29, 0.717) is 18.8 Å². The maximum Gasteiger partial charge on any atom is 0.326 e. The van der Waals surface area contributed by atoms with Gasteiger partial charge in [0.2, 0.25) is 11.8 Å². The number of hydrogen-bond acceptors (Lipinski definition) is 4. The molecule has 21 heavy (non-hydrogen) atoms. The molecule has 1 rings (SSSR count). The molecule has 7 heteroatoms. The van der Waals surface area contributed by atoms with Gasteiger partial charge in [0.05, 0.1) is 5.41 Å². The fourth-order valence-electron chi connectivity index (χ4n) is 2.69. The van der Waals surface area contributed by atoms with Crippen molar-refractivity contribution in [3.8, 4) is 0 Å². The molecular formula is C14H25N3O4. The van der Waals surface area contributed by atoms with E-state index >= 15 is 0 Å². The molecule has 0 aliphatic heterocycles. The molecule has 1 saturated carbocycles. The van der Waals surface area contributed by atoms with Crippen LogP contribution in [0.3, 0.4) is 0 Å². The summed E-state index contributed by atoms with van der Waals surface area (Å²) in [6.45, 7) is 2.33. The molecule has 1 atom stereocenters. The van der Waals surface area contributed by atoms with Crippen molar-refractivity contribution >= 4 is 17.8 Å². The first-order valence-electron chi connectivity index (χ1n) is 7.33. The number of nitrogens with two attached hydrogens (primary N) is 2. The summed E-state index contributed by atoms with van der Waals surface area (Å²) >= 11 is 0. The molecule has 0 saturated heterocycles. The lowest BCUT2D eigenvalue weighted by atomic mass is 9.70. The van der Waals surface area contributed by atoms with E-state index in [2.05, 4.69) is 12.2 Å². The number of carbonyl (C=O) groups excluding carboxylic acids is 2. The highest BCUT2D eigenvalue weighted by molar-refractivity contribution is 5.88. The predicted molar refractivity (Wildman–Crippen MR) is 77.1 cm³/mol. The molecule has 0 heterocycles. The highest BCUT2D eigenvalue weighted by Crippen LogP contribution is 2.38. The third-order valence-corrected chi connectivity index (χ3v) is 4.39. The van der Waals surface area contributed by atoms with Crippen LogP contribution in [0.1, 0.15) is 45.4 Å². The molecule has 0 aromatic rings. The molecule has 1 fully saturated rings. The third-order valence-electron chi connectivity index (χ3n) is 4.39. The van der Waals surface area contributed by atoms with Crippen LogP contribution in [0.4, 0.5) is 0 Å². The number of nitrogens with one attached hydrogen (secondary N) is 1. The molecule has 7 nitrogen and oxygen atoms in total. The van der Waals surface area contributed by atoms with Gasteiger partial charge in [0.25, 0.3) is 0 Å². The highest BCUT2D eigenvalue weighted by atomic mass is 16.4. The second-order valence-electron chi connectivity index (χ2n) is 6.04. The molecule has 0 bridgehead atoms. The van der Waals surface area contributed by atoms with E-state index in [1.807, 2.05) is 0 Å². The van der Waals surface area contributed by atoms with Crippen LogP contribution in [-0.2, 0) is 14.4 Å². The molecular weight excluding hydrogens is 274 g/mol. The van der Waals surface area contributed by atoms with Crippen molar-refractivity contribution in [3.05, 3.63) is 0 Å². The maximum absolute atomic E-state index is 12.4. The first-order chi connectivity index (χ1) is 9.80. The van der Waals surface area contributed by atoms with Crippen molar-refractivity contribution < 1.29 is 19.5 Å². The number of primary amides is 1. The monoisotopic (exact) mass is 299 g/mol. The van der Waals surface area contributed by atoms with Crippen LogP contribution in [0.25, 0.3) is 0 Å². The second-order valence-corrected chi connectivity index (χ2v) is 6.04. The molecule has 1 aliphatic carbocycles. The molecule has 0 radical (unpaired) electrons. The Kier molecular flexibility index (Phi) is 6.14. The average Bonchev–Trinajstić information content (AvgIpc) is 2.43. The van der Waals surface area contributed by atoms with Gasteiger partial charge in [0.15, 0.2) is 0 Å². The van der Waals surface area contributed by atoms with Gasteiger partial charge in [-0.3, -0.25) is 9.59 Å². The number of rotatable bonds is 7. The highest BCUT2D eigenvalue weighted by Gasteiger charge is 2.41. The minimum atomic E-state index is -1.17. The van der Waals surface area contributed by atoms with Crippen molar-refractivity contribution in [2.45, 2.75) is 51.5 Å². The Bertz CT molecular complexity index is 403. The molecule has 0 unspecified atom stereocenters.